The quantitative estimate of drug-likeness (QED) is 0.876. The summed E-state index contributed by atoms with van der Waals surface area (Å²) in [7, 11) is -2.30. The first-order valence-corrected chi connectivity index (χ1v) is 7.69. The molecule has 1 aromatic rings. The van der Waals surface area contributed by atoms with Crippen LogP contribution in [0.3, 0.4) is 0 Å². The molecule has 0 radical (unpaired) electrons. The molecule has 2 heterocycles. The van der Waals surface area contributed by atoms with Gasteiger partial charge in [0.05, 0.1) is 13.3 Å². The van der Waals surface area contributed by atoms with Crippen molar-refractivity contribution in [2.24, 2.45) is 0 Å². The van der Waals surface area contributed by atoms with Crippen molar-refractivity contribution in [1.29, 1.82) is 0 Å². The number of rotatable bonds is 3. The summed E-state index contributed by atoms with van der Waals surface area (Å²) in [5, 5.41) is 2.89. The molecule has 2 rings (SSSR count). The Kier molecular flexibility index (Phi) is 4.26. The molecule has 1 aliphatic rings. The summed E-state index contributed by atoms with van der Waals surface area (Å²) in [6, 6.07) is 2.88. The van der Waals surface area contributed by atoms with Crippen LogP contribution in [0.4, 0.5) is 4.39 Å². The Labute approximate surface area is 118 Å². The topological polar surface area (TPSA) is 71.5 Å². The number of hydrogen-bond acceptors (Lipinski definition) is 5. The van der Waals surface area contributed by atoms with Crippen LogP contribution in [0.2, 0.25) is 0 Å². The fraction of sp³-hybridized carbons (Fsp3) is 0.583. The maximum atomic E-state index is 14.1. The number of nitrogens with zero attached hydrogens (tertiary/aromatic N) is 2. The molecule has 1 atom stereocenters. The normalized spacial score (nSPS) is 25.1. The van der Waals surface area contributed by atoms with Crippen molar-refractivity contribution < 1.29 is 17.5 Å². The fourth-order valence-electron chi connectivity index (χ4n) is 2.05. The molecule has 0 aromatic carbocycles. The standard InChI is InChI=1S/C12H18FN3O3S/c1-12(13)8-14-5-6-16(9-12)20(17,18)10-3-4-11(19-2)15-7-10/h3-4,7,14H,5-6,8-9H2,1-2H3/t12-/m0/s1. The highest BCUT2D eigenvalue weighted by Crippen LogP contribution is 2.22. The average molecular weight is 303 g/mol. The molecule has 6 nitrogen and oxygen atoms in total. The summed E-state index contributed by atoms with van der Waals surface area (Å²) in [5.41, 5.74) is -1.59. The molecule has 1 saturated heterocycles. The third kappa shape index (κ3) is 3.25. The van der Waals surface area contributed by atoms with Gasteiger partial charge in [-0.25, -0.2) is 17.8 Å². The number of hydrogen-bond donors (Lipinski definition) is 1. The van der Waals surface area contributed by atoms with E-state index in [0.29, 0.717) is 12.4 Å². The maximum absolute atomic E-state index is 14.1. The van der Waals surface area contributed by atoms with E-state index in [9.17, 15) is 12.8 Å². The minimum atomic E-state index is -3.75. The van der Waals surface area contributed by atoms with Crippen LogP contribution in [0.5, 0.6) is 5.88 Å². The van der Waals surface area contributed by atoms with E-state index in [1.165, 1.54) is 32.4 Å². The second-order valence-electron chi connectivity index (χ2n) is 4.96. The second kappa shape index (κ2) is 5.63. The van der Waals surface area contributed by atoms with E-state index in [1.807, 2.05) is 0 Å². The smallest absolute Gasteiger partial charge is 0.244 e. The largest absolute Gasteiger partial charge is 0.481 e. The van der Waals surface area contributed by atoms with Crippen LogP contribution in [0.15, 0.2) is 23.2 Å². The summed E-state index contributed by atoms with van der Waals surface area (Å²) >= 11 is 0. The van der Waals surface area contributed by atoms with Crippen molar-refractivity contribution in [3.05, 3.63) is 18.3 Å². The number of alkyl halides is 1. The van der Waals surface area contributed by atoms with Crippen LogP contribution in [-0.2, 0) is 10.0 Å². The maximum Gasteiger partial charge on any atom is 0.244 e. The van der Waals surface area contributed by atoms with Crippen LogP contribution >= 0.6 is 0 Å². The van der Waals surface area contributed by atoms with Gasteiger partial charge < -0.3 is 10.1 Å². The minimum absolute atomic E-state index is 0.0380. The Balaban J connectivity index is 2.28. The van der Waals surface area contributed by atoms with Crippen LogP contribution in [-0.4, -0.2) is 56.7 Å². The first-order valence-electron chi connectivity index (χ1n) is 6.25. The van der Waals surface area contributed by atoms with Gasteiger partial charge in [0.25, 0.3) is 0 Å². The average Bonchev–Trinajstić information content (AvgIpc) is 2.60. The molecule has 0 saturated carbocycles. The van der Waals surface area contributed by atoms with Gasteiger partial charge >= 0.3 is 0 Å². The molecule has 0 spiro atoms. The Morgan fingerprint density at radius 2 is 2.25 bits per heavy atom. The molecule has 0 amide bonds. The predicted molar refractivity (Wildman–Crippen MR) is 71.9 cm³/mol. The Hall–Kier alpha value is -1.25. The van der Waals surface area contributed by atoms with Gasteiger partial charge in [-0.15, -0.1) is 0 Å². The van der Waals surface area contributed by atoms with Crippen molar-refractivity contribution >= 4 is 10.0 Å². The van der Waals surface area contributed by atoms with E-state index in [2.05, 4.69) is 10.3 Å². The molecule has 8 heteroatoms. The lowest BCUT2D eigenvalue weighted by Gasteiger charge is -2.25. The van der Waals surface area contributed by atoms with Gasteiger partial charge in [0.2, 0.25) is 15.9 Å². The zero-order valence-electron chi connectivity index (χ0n) is 11.5. The third-order valence-corrected chi connectivity index (χ3v) is 4.92. The van der Waals surface area contributed by atoms with E-state index in [0.717, 1.165) is 4.31 Å². The van der Waals surface area contributed by atoms with Crippen LogP contribution in [0.25, 0.3) is 0 Å². The van der Waals surface area contributed by atoms with E-state index < -0.39 is 15.7 Å². The highest BCUT2D eigenvalue weighted by atomic mass is 32.2. The number of aromatic nitrogens is 1. The van der Waals surface area contributed by atoms with Gasteiger partial charge in [-0.05, 0) is 13.0 Å². The number of methoxy groups -OCH3 is 1. The van der Waals surface area contributed by atoms with E-state index >= 15 is 0 Å². The minimum Gasteiger partial charge on any atom is -0.481 e. The van der Waals surface area contributed by atoms with Gasteiger partial charge in [-0.3, -0.25) is 0 Å². The Bertz CT molecular complexity index is 560. The van der Waals surface area contributed by atoms with Crippen LogP contribution < -0.4 is 10.1 Å². The third-order valence-electron chi connectivity index (χ3n) is 3.09. The van der Waals surface area contributed by atoms with Crippen molar-refractivity contribution in [3.63, 3.8) is 0 Å². The molecule has 1 aromatic heterocycles. The molecular formula is C12H18FN3O3S. The van der Waals surface area contributed by atoms with Crippen LogP contribution in [0, 0.1) is 0 Å². The summed E-state index contributed by atoms with van der Waals surface area (Å²) in [5.74, 6) is 0.330. The monoisotopic (exact) mass is 303 g/mol. The predicted octanol–water partition coefficient (Wildman–Crippen LogP) is 0.412. The molecular weight excluding hydrogens is 285 g/mol. The molecule has 1 N–H and O–H groups in total. The van der Waals surface area contributed by atoms with Crippen LogP contribution in [0.1, 0.15) is 6.92 Å². The highest BCUT2D eigenvalue weighted by Gasteiger charge is 2.35. The molecule has 0 unspecified atom stereocenters. The number of sulfonamides is 1. The van der Waals surface area contributed by atoms with Gasteiger partial charge in [-0.1, -0.05) is 0 Å². The second-order valence-corrected chi connectivity index (χ2v) is 6.90. The lowest BCUT2D eigenvalue weighted by atomic mass is 10.1. The van der Waals surface area contributed by atoms with Gasteiger partial charge in [0, 0.05) is 32.2 Å². The summed E-state index contributed by atoms with van der Waals surface area (Å²) < 4.78 is 45.1. The fourth-order valence-corrected chi connectivity index (χ4v) is 3.54. The SMILES string of the molecule is COc1ccc(S(=O)(=O)N2CCNC[C@](C)(F)C2)cn1. The van der Waals surface area contributed by atoms with Crippen molar-refractivity contribution in [1.82, 2.24) is 14.6 Å². The Morgan fingerprint density at radius 1 is 1.50 bits per heavy atom. The van der Waals surface area contributed by atoms with E-state index in [1.54, 1.807) is 0 Å². The summed E-state index contributed by atoms with van der Waals surface area (Å²) in [6.45, 7) is 2.00. The van der Waals surface area contributed by atoms with Crippen molar-refractivity contribution in [2.75, 3.05) is 33.3 Å². The summed E-state index contributed by atoms with van der Waals surface area (Å²) in [4.78, 5) is 3.92. The highest BCUT2D eigenvalue weighted by molar-refractivity contribution is 7.89. The van der Waals surface area contributed by atoms with E-state index in [-0.39, 0.29) is 24.5 Å². The number of pyridine rings is 1. The van der Waals surface area contributed by atoms with E-state index in [4.69, 9.17) is 4.74 Å². The first-order chi connectivity index (χ1) is 9.35. The lowest BCUT2D eigenvalue weighted by molar-refractivity contribution is 0.166. The molecule has 112 valence electrons. The molecule has 0 bridgehead atoms. The van der Waals surface area contributed by atoms with Crippen molar-refractivity contribution in [2.45, 2.75) is 17.5 Å². The molecule has 1 aliphatic heterocycles. The van der Waals surface area contributed by atoms with Gasteiger partial charge in [0.1, 0.15) is 10.6 Å². The summed E-state index contributed by atoms with van der Waals surface area (Å²) in [6.07, 6.45) is 1.22. The van der Waals surface area contributed by atoms with Gasteiger partial charge in [0.15, 0.2) is 0 Å². The van der Waals surface area contributed by atoms with Crippen molar-refractivity contribution in [3.8, 4) is 5.88 Å². The lowest BCUT2D eigenvalue weighted by Crippen LogP contribution is -2.42. The first kappa shape index (κ1) is 15.1. The molecule has 0 aliphatic carbocycles. The number of ether oxygens (including phenoxy) is 1. The molecule has 20 heavy (non-hydrogen) atoms. The Morgan fingerprint density at radius 3 is 2.85 bits per heavy atom. The number of halogens is 1. The zero-order chi connectivity index (χ0) is 14.8. The molecule has 1 fully saturated rings. The zero-order valence-corrected chi connectivity index (χ0v) is 12.3. The number of nitrogens with one attached hydrogen (secondary N) is 1. The van der Waals surface area contributed by atoms with Gasteiger partial charge in [-0.2, -0.15) is 4.31 Å².